The van der Waals surface area contributed by atoms with E-state index in [9.17, 15) is 10.2 Å². The van der Waals surface area contributed by atoms with Crippen LogP contribution in [0.1, 0.15) is 35.9 Å². The SMILES string of the molecule is Cc1cc(C(C)(O)C#Cc2ccc3c(C(O)N(C)C)nn(-c4ccnc(N)n4)c3c2)on1. The summed E-state index contributed by atoms with van der Waals surface area (Å²) in [7, 11) is 3.51. The number of anilines is 1. The number of aliphatic hydroxyl groups excluding tert-OH is 1. The first-order valence-corrected chi connectivity index (χ1v) is 9.81. The molecule has 0 amide bonds. The average molecular weight is 433 g/mol. The molecule has 0 aliphatic rings. The summed E-state index contributed by atoms with van der Waals surface area (Å²) in [5.74, 6) is 6.63. The van der Waals surface area contributed by atoms with E-state index in [1.165, 1.54) is 13.1 Å². The molecule has 0 aliphatic heterocycles. The molecular formula is C22H23N7O3. The normalized spacial score (nSPS) is 14.2. The Hall–Kier alpha value is -3.78. The molecule has 10 heteroatoms. The van der Waals surface area contributed by atoms with Crippen LogP contribution in [0.15, 0.2) is 41.1 Å². The largest absolute Gasteiger partial charge is 0.372 e. The maximum atomic E-state index is 10.7. The smallest absolute Gasteiger partial charge is 0.221 e. The fourth-order valence-corrected chi connectivity index (χ4v) is 3.16. The van der Waals surface area contributed by atoms with Crippen LogP contribution in [-0.2, 0) is 5.60 Å². The van der Waals surface area contributed by atoms with E-state index < -0.39 is 11.8 Å². The van der Waals surface area contributed by atoms with Gasteiger partial charge in [-0.05, 0) is 46.1 Å². The van der Waals surface area contributed by atoms with Gasteiger partial charge in [-0.3, -0.25) is 4.90 Å². The minimum Gasteiger partial charge on any atom is -0.372 e. The molecule has 164 valence electrons. The number of nitrogens with zero attached hydrogens (tertiary/aromatic N) is 6. The minimum atomic E-state index is -1.51. The summed E-state index contributed by atoms with van der Waals surface area (Å²) < 4.78 is 6.73. The van der Waals surface area contributed by atoms with E-state index in [1.807, 2.05) is 6.07 Å². The van der Waals surface area contributed by atoms with Crippen molar-refractivity contribution in [2.45, 2.75) is 25.7 Å². The predicted molar refractivity (Wildman–Crippen MR) is 117 cm³/mol. The molecule has 32 heavy (non-hydrogen) atoms. The van der Waals surface area contributed by atoms with Crippen molar-refractivity contribution in [3.05, 3.63) is 59.2 Å². The predicted octanol–water partition coefficient (Wildman–Crippen LogP) is 1.51. The molecule has 1 aromatic carbocycles. The number of fused-ring (bicyclic) bond motifs is 1. The Kier molecular flexibility index (Phi) is 5.40. The van der Waals surface area contributed by atoms with Crippen molar-refractivity contribution in [3.8, 4) is 17.7 Å². The molecule has 4 N–H and O–H groups in total. The van der Waals surface area contributed by atoms with E-state index in [0.717, 1.165) is 5.39 Å². The number of hydrogen-bond acceptors (Lipinski definition) is 9. The Labute approximate surface area is 184 Å². The summed E-state index contributed by atoms with van der Waals surface area (Å²) in [6, 6.07) is 8.73. The number of aromatic nitrogens is 5. The molecule has 2 atom stereocenters. The third-order valence-corrected chi connectivity index (χ3v) is 4.88. The van der Waals surface area contributed by atoms with Crippen molar-refractivity contribution in [1.29, 1.82) is 0 Å². The number of nitrogen functional groups attached to an aromatic ring is 1. The Morgan fingerprint density at radius 1 is 1.25 bits per heavy atom. The van der Waals surface area contributed by atoms with Gasteiger partial charge in [-0.1, -0.05) is 17.0 Å². The molecule has 0 bridgehead atoms. The highest BCUT2D eigenvalue weighted by Gasteiger charge is 2.25. The van der Waals surface area contributed by atoms with E-state index in [1.54, 1.807) is 54.9 Å². The molecule has 10 nitrogen and oxygen atoms in total. The van der Waals surface area contributed by atoms with E-state index in [0.29, 0.717) is 28.3 Å². The van der Waals surface area contributed by atoms with Crippen LogP contribution in [0.2, 0.25) is 0 Å². The van der Waals surface area contributed by atoms with Gasteiger partial charge in [0, 0.05) is 29.3 Å². The zero-order valence-electron chi connectivity index (χ0n) is 18.1. The lowest BCUT2D eigenvalue weighted by molar-refractivity contribution is 0.0367. The second-order valence-electron chi connectivity index (χ2n) is 7.79. The summed E-state index contributed by atoms with van der Waals surface area (Å²) in [5, 5.41) is 30.4. The van der Waals surface area contributed by atoms with Crippen LogP contribution in [-0.4, -0.2) is 54.1 Å². The molecule has 3 heterocycles. The summed E-state index contributed by atoms with van der Waals surface area (Å²) in [6.07, 6.45) is 0.610. The number of rotatable bonds is 4. The number of nitrogens with two attached hydrogens (primary N) is 1. The Morgan fingerprint density at radius 3 is 2.69 bits per heavy atom. The highest BCUT2D eigenvalue weighted by atomic mass is 16.5. The molecule has 0 radical (unpaired) electrons. The summed E-state index contributed by atoms with van der Waals surface area (Å²) >= 11 is 0. The van der Waals surface area contributed by atoms with Gasteiger partial charge in [0.25, 0.3) is 0 Å². The van der Waals surface area contributed by atoms with Gasteiger partial charge in [0.05, 0.1) is 11.2 Å². The lowest BCUT2D eigenvalue weighted by Gasteiger charge is -2.16. The standard InChI is InChI=1S/C22H23N7O3/c1-13-11-17(32-27-13)22(2,31)9-7-14-5-6-15-16(12-14)29(18-8-10-24-21(23)25-18)26-19(15)20(30)28(3)4/h5-6,8,10-12,20,30-31H,1-4H3,(H2,23,24,25). The summed E-state index contributed by atoms with van der Waals surface area (Å²) in [5.41, 5.74) is 6.66. The third-order valence-electron chi connectivity index (χ3n) is 4.88. The quantitative estimate of drug-likeness (QED) is 0.323. The van der Waals surface area contributed by atoms with Crippen LogP contribution < -0.4 is 5.73 Å². The zero-order chi connectivity index (χ0) is 23.0. The van der Waals surface area contributed by atoms with E-state index in [2.05, 4.69) is 32.1 Å². The van der Waals surface area contributed by atoms with Crippen LogP contribution in [0.25, 0.3) is 16.7 Å². The third kappa shape index (κ3) is 4.04. The molecule has 0 fully saturated rings. The van der Waals surface area contributed by atoms with E-state index in [4.69, 9.17) is 10.3 Å². The molecule has 4 aromatic rings. The van der Waals surface area contributed by atoms with E-state index >= 15 is 0 Å². The lowest BCUT2D eigenvalue weighted by Crippen LogP contribution is -2.20. The van der Waals surface area contributed by atoms with Gasteiger partial charge in [-0.25, -0.2) is 9.67 Å². The Morgan fingerprint density at radius 2 is 2.03 bits per heavy atom. The average Bonchev–Trinajstić information content (AvgIpc) is 3.36. The number of aliphatic hydroxyl groups is 2. The molecule has 0 saturated heterocycles. The highest BCUT2D eigenvalue weighted by molar-refractivity contribution is 5.85. The van der Waals surface area contributed by atoms with Gasteiger partial charge in [-0.15, -0.1) is 0 Å². The van der Waals surface area contributed by atoms with Gasteiger partial charge >= 0.3 is 0 Å². The molecule has 0 saturated carbocycles. The van der Waals surface area contributed by atoms with Crippen molar-refractivity contribution >= 4 is 16.9 Å². The van der Waals surface area contributed by atoms with Crippen molar-refractivity contribution in [2.75, 3.05) is 19.8 Å². The Bertz CT molecular complexity index is 1340. The molecular weight excluding hydrogens is 410 g/mol. The maximum Gasteiger partial charge on any atom is 0.221 e. The van der Waals surface area contributed by atoms with Gasteiger partial charge in [0.15, 0.2) is 23.4 Å². The van der Waals surface area contributed by atoms with Crippen molar-refractivity contribution < 1.29 is 14.7 Å². The molecule has 0 spiro atoms. The van der Waals surface area contributed by atoms with Gasteiger partial charge in [0.2, 0.25) is 5.95 Å². The van der Waals surface area contributed by atoms with Crippen LogP contribution in [0.5, 0.6) is 0 Å². The lowest BCUT2D eigenvalue weighted by atomic mass is 10.0. The molecule has 0 aliphatic carbocycles. The summed E-state index contributed by atoms with van der Waals surface area (Å²) in [4.78, 5) is 9.81. The van der Waals surface area contributed by atoms with Crippen LogP contribution >= 0.6 is 0 Å². The van der Waals surface area contributed by atoms with Crippen LogP contribution in [0.4, 0.5) is 5.95 Å². The molecule has 3 aromatic heterocycles. The van der Waals surface area contributed by atoms with Crippen molar-refractivity contribution in [3.63, 3.8) is 0 Å². The second kappa shape index (κ2) is 8.05. The first-order chi connectivity index (χ1) is 15.2. The topological polar surface area (TPSA) is 139 Å². The van der Waals surface area contributed by atoms with Crippen LogP contribution in [0.3, 0.4) is 0 Å². The van der Waals surface area contributed by atoms with Gasteiger partial charge in [-0.2, -0.15) is 10.1 Å². The number of aryl methyl sites for hydroxylation is 1. The number of hydrogen-bond donors (Lipinski definition) is 3. The van der Waals surface area contributed by atoms with Gasteiger partial charge in [0.1, 0.15) is 5.69 Å². The summed E-state index contributed by atoms with van der Waals surface area (Å²) in [6.45, 7) is 3.31. The minimum absolute atomic E-state index is 0.107. The first-order valence-electron chi connectivity index (χ1n) is 9.81. The second-order valence-corrected chi connectivity index (χ2v) is 7.79. The fraction of sp³-hybridized carbons (Fsp3) is 0.273. The maximum absolute atomic E-state index is 10.7. The highest BCUT2D eigenvalue weighted by Crippen LogP contribution is 2.28. The van der Waals surface area contributed by atoms with Crippen molar-refractivity contribution in [2.24, 2.45) is 0 Å². The van der Waals surface area contributed by atoms with E-state index in [-0.39, 0.29) is 11.7 Å². The first kappa shape index (κ1) is 21.5. The Balaban J connectivity index is 1.83. The van der Waals surface area contributed by atoms with Crippen LogP contribution in [0, 0.1) is 18.8 Å². The monoisotopic (exact) mass is 433 g/mol. The van der Waals surface area contributed by atoms with Crippen molar-refractivity contribution in [1.82, 2.24) is 29.8 Å². The fourth-order valence-electron chi connectivity index (χ4n) is 3.16. The molecule has 4 rings (SSSR count). The molecule has 2 unspecified atom stereocenters. The zero-order valence-corrected chi connectivity index (χ0v) is 18.1. The van der Waals surface area contributed by atoms with Gasteiger partial charge < -0.3 is 20.5 Å². The number of benzene rings is 1.